The van der Waals surface area contributed by atoms with Crippen LogP contribution in [0, 0.1) is 0 Å². The van der Waals surface area contributed by atoms with Crippen LogP contribution in [0.4, 0.5) is 0 Å². The molecule has 0 saturated heterocycles. The minimum Gasteiger partial charge on any atom is -0.480 e. The van der Waals surface area contributed by atoms with Gasteiger partial charge in [0.05, 0.1) is 11.4 Å². The highest BCUT2D eigenvalue weighted by molar-refractivity contribution is 7.90. The molecule has 1 amide bonds. The summed E-state index contributed by atoms with van der Waals surface area (Å²) in [6.07, 6.45) is 1.48. The highest BCUT2D eigenvalue weighted by atomic mass is 32.2. The third-order valence-corrected chi connectivity index (χ3v) is 3.88. The topological polar surface area (TPSA) is 118 Å². The molecule has 1 aromatic rings. The summed E-state index contributed by atoms with van der Waals surface area (Å²) in [7, 11) is -1.71. The SMILES string of the molecule is CCc1cc(C(=O)NC(CCS(C)(=O)=O)C(=O)O)n(C)n1. The van der Waals surface area contributed by atoms with E-state index in [0.29, 0.717) is 12.1 Å². The quantitative estimate of drug-likeness (QED) is 0.706. The van der Waals surface area contributed by atoms with Crippen molar-refractivity contribution in [3.63, 3.8) is 0 Å². The summed E-state index contributed by atoms with van der Waals surface area (Å²) in [6.45, 7) is 1.89. The molecule has 1 unspecified atom stereocenters. The molecule has 0 aromatic carbocycles. The fourth-order valence-corrected chi connectivity index (χ4v) is 2.40. The minimum atomic E-state index is -3.29. The Hall–Kier alpha value is -1.90. The van der Waals surface area contributed by atoms with Gasteiger partial charge in [0.2, 0.25) is 0 Å². The van der Waals surface area contributed by atoms with E-state index in [-0.39, 0.29) is 17.9 Å². The van der Waals surface area contributed by atoms with Crippen molar-refractivity contribution in [2.45, 2.75) is 25.8 Å². The van der Waals surface area contributed by atoms with Gasteiger partial charge in [0, 0.05) is 13.3 Å². The number of hydrogen-bond donors (Lipinski definition) is 2. The third kappa shape index (κ3) is 5.18. The second-order valence-electron chi connectivity index (χ2n) is 4.78. The molecule has 0 saturated carbocycles. The number of rotatable bonds is 7. The normalized spacial score (nSPS) is 12.9. The van der Waals surface area contributed by atoms with E-state index in [2.05, 4.69) is 10.4 Å². The van der Waals surface area contributed by atoms with Gasteiger partial charge in [0.25, 0.3) is 5.91 Å². The molecule has 0 aliphatic rings. The van der Waals surface area contributed by atoms with Crippen molar-refractivity contribution in [1.82, 2.24) is 15.1 Å². The zero-order valence-electron chi connectivity index (χ0n) is 12.2. The Balaban J connectivity index is 2.81. The van der Waals surface area contributed by atoms with E-state index in [0.717, 1.165) is 6.26 Å². The van der Waals surface area contributed by atoms with Crippen molar-refractivity contribution in [3.05, 3.63) is 17.5 Å². The van der Waals surface area contributed by atoms with Crippen molar-refractivity contribution in [2.75, 3.05) is 12.0 Å². The van der Waals surface area contributed by atoms with Crippen molar-refractivity contribution in [3.8, 4) is 0 Å². The molecule has 9 heteroatoms. The zero-order chi connectivity index (χ0) is 16.2. The molecule has 0 aliphatic heterocycles. The van der Waals surface area contributed by atoms with Crippen LogP contribution in [0.2, 0.25) is 0 Å². The lowest BCUT2D eigenvalue weighted by Gasteiger charge is -2.13. The van der Waals surface area contributed by atoms with Crippen molar-refractivity contribution in [1.29, 1.82) is 0 Å². The average molecular weight is 317 g/mol. The minimum absolute atomic E-state index is 0.182. The molecule has 8 nitrogen and oxygen atoms in total. The Morgan fingerprint density at radius 2 is 2.10 bits per heavy atom. The van der Waals surface area contributed by atoms with E-state index in [4.69, 9.17) is 5.11 Å². The Bertz CT molecular complexity index is 635. The van der Waals surface area contributed by atoms with Gasteiger partial charge in [-0.25, -0.2) is 13.2 Å². The summed E-state index contributed by atoms with van der Waals surface area (Å²) in [5, 5.41) is 15.5. The Morgan fingerprint density at radius 1 is 1.48 bits per heavy atom. The molecule has 1 heterocycles. The molecule has 0 spiro atoms. The summed E-state index contributed by atoms with van der Waals surface area (Å²) in [6, 6.07) is 0.317. The van der Waals surface area contributed by atoms with E-state index < -0.39 is 27.8 Å². The molecule has 0 radical (unpaired) electrons. The second-order valence-corrected chi connectivity index (χ2v) is 7.04. The maximum Gasteiger partial charge on any atom is 0.326 e. The highest BCUT2D eigenvalue weighted by Gasteiger charge is 2.23. The maximum atomic E-state index is 12.0. The number of carboxylic acid groups (broad SMARTS) is 1. The smallest absolute Gasteiger partial charge is 0.326 e. The molecule has 0 fully saturated rings. The number of carbonyl (C=O) groups excluding carboxylic acids is 1. The predicted molar refractivity (Wildman–Crippen MR) is 75.8 cm³/mol. The van der Waals surface area contributed by atoms with Gasteiger partial charge in [-0.2, -0.15) is 5.10 Å². The summed E-state index contributed by atoms with van der Waals surface area (Å²) >= 11 is 0. The van der Waals surface area contributed by atoms with Crippen LogP contribution < -0.4 is 5.32 Å². The number of hydrogen-bond acceptors (Lipinski definition) is 5. The molecule has 1 rings (SSSR count). The first-order chi connectivity index (χ1) is 9.64. The van der Waals surface area contributed by atoms with Crippen LogP contribution in [0.25, 0.3) is 0 Å². The van der Waals surface area contributed by atoms with Gasteiger partial charge in [-0.05, 0) is 18.9 Å². The fraction of sp³-hybridized carbons (Fsp3) is 0.583. The number of aromatic nitrogens is 2. The fourth-order valence-electron chi connectivity index (χ4n) is 1.73. The van der Waals surface area contributed by atoms with E-state index in [1.54, 1.807) is 13.1 Å². The lowest BCUT2D eigenvalue weighted by Crippen LogP contribution is -2.42. The van der Waals surface area contributed by atoms with E-state index in [1.165, 1.54) is 4.68 Å². The van der Waals surface area contributed by atoms with Crippen LogP contribution in [0.3, 0.4) is 0 Å². The lowest BCUT2D eigenvalue weighted by molar-refractivity contribution is -0.139. The monoisotopic (exact) mass is 317 g/mol. The molecular formula is C12H19N3O5S. The molecule has 0 bridgehead atoms. The van der Waals surface area contributed by atoms with E-state index >= 15 is 0 Å². The first kappa shape index (κ1) is 17.2. The number of carboxylic acids is 1. The first-order valence-electron chi connectivity index (χ1n) is 6.38. The largest absolute Gasteiger partial charge is 0.480 e. The van der Waals surface area contributed by atoms with Gasteiger partial charge < -0.3 is 10.4 Å². The van der Waals surface area contributed by atoms with Crippen molar-refractivity contribution >= 4 is 21.7 Å². The number of nitrogens with zero attached hydrogens (tertiary/aromatic N) is 2. The van der Waals surface area contributed by atoms with Gasteiger partial charge in [-0.15, -0.1) is 0 Å². The van der Waals surface area contributed by atoms with Crippen LogP contribution in [0.15, 0.2) is 6.07 Å². The van der Waals surface area contributed by atoms with Crippen LogP contribution in [-0.4, -0.2) is 53.2 Å². The Labute approximate surface area is 123 Å². The predicted octanol–water partition coefficient (Wildman–Crippen LogP) is -0.400. The van der Waals surface area contributed by atoms with Crippen LogP contribution in [0.1, 0.15) is 29.5 Å². The van der Waals surface area contributed by atoms with Crippen LogP contribution in [0.5, 0.6) is 0 Å². The molecule has 1 aromatic heterocycles. The number of aliphatic carboxylic acids is 1. The molecule has 1 atom stereocenters. The molecule has 0 aliphatic carbocycles. The molecule has 118 valence electrons. The van der Waals surface area contributed by atoms with Crippen molar-refractivity contribution < 1.29 is 23.1 Å². The molecule has 2 N–H and O–H groups in total. The highest BCUT2D eigenvalue weighted by Crippen LogP contribution is 2.05. The summed E-state index contributed by atoms with van der Waals surface area (Å²) in [4.78, 5) is 23.1. The summed E-state index contributed by atoms with van der Waals surface area (Å²) in [5.41, 5.74) is 0.947. The number of carbonyl (C=O) groups is 2. The number of nitrogens with one attached hydrogen (secondary N) is 1. The second kappa shape index (κ2) is 6.70. The van der Waals surface area contributed by atoms with Gasteiger partial charge in [-0.3, -0.25) is 9.48 Å². The van der Waals surface area contributed by atoms with Crippen LogP contribution in [-0.2, 0) is 28.1 Å². The van der Waals surface area contributed by atoms with Gasteiger partial charge in [-0.1, -0.05) is 6.92 Å². The molecular weight excluding hydrogens is 298 g/mol. The maximum absolute atomic E-state index is 12.0. The van der Waals surface area contributed by atoms with Crippen molar-refractivity contribution in [2.24, 2.45) is 7.05 Å². The lowest BCUT2D eigenvalue weighted by atomic mass is 10.2. The summed E-state index contributed by atoms with van der Waals surface area (Å²) in [5.74, 6) is -2.17. The van der Waals surface area contributed by atoms with Gasteiger partial charge in [0.15, 0.2) is 0 Å². The number of sulfone groups is 1. The number of aryl methyl sites for hydroxylation is 2. The third-order valence-electron chi connectivity index (χ3n) is 2.91. The van der Waals surface area contributed by atoms with Gasteiger partial charge in [0.1, 0.15) is 21.6 Å². The molecule has 21 heavy (non-hydrogen) atoms. The Morgan fingerprint density at radius 3 is 2.52 bits per heavy atom. The van der Waals surface area contributed by atoms with E-state index in [1.807, 2.05) is 6.92 Å². The first-order valence-corrected chi connectivity index (χ1v) is 8.44. The van der Waals surface area contributed by atoms with E-state index in [9.17, 15) is 18.0 Å². The standard InChI is InChI=1S/C12H19N3O5S/c1-4-8-7-10(15(2)14-8)11(16)13-9(12(17)18)5-6-21(3,19)20/h7,9H,4-6H2,1-3H3,(H,13,16)(H,17,18). The summed E-state index contributed by atoms with van der Waals surface area (Å²) < 4.78 is 23.5. The number of amides is 1. The zero-order valence-corrected chi connectivity index (χ0v) is 13.0. The Kier molecular flexibility index (Phi) is 5.47. The van der Waals surface area contributed by atoms with Gasteiger partial charge >= 0.3 is 5.97 Å². The van der Waals surface area contributed by atoms with Crippen LogP contribution >= 0.6 is 0 Å². The average Bonchev–Trinajstić information content (AvgIpc) is 2.74.